The molecule has 14 heavy (non-hydrogen) atoms. The zero-order valence-corrected chi connectivity index (χ0v) is 8.88. The van der Waals surface area contributed by atoms with Crippen LogP contribution in [0.15, 0.2) is 33.1 Å². The smallest absolute Gasteiger partial charge is 0.178 e. The topological polar surface area (TPSA) is 64.7 Å². The maximum atomic E-state index is 5.45. The molecule has 0 amide bonds. The van der Waals surface area contributed by atoms with Crippen molar-refractivity contribution in [3.8, 4) is 0 Å². The van der Waals surface area contributed by atoms with Crippen molar-refractivity contribution in [3.63, 3.8) is 0 Å². The molecule has 0 unspecified atom stereocenters. The van der Waals surface area contributed by atoms with Crippen LogP contribution in [0.4, 0.5) is 0 Å². The van der Waals surface area contributed by atoms with E-state index in [1.165, 1.54) is 11.3 Å². The van der Waals surface area contributed by atoms with Crippen LogP contribution in [0.3, 0.4) is 0 Å². The molecule has 0 aliphatic rings. The van der Waals surface area contributed by atoms with E-state index in [0.29, 0.717) is 6.54 Å². The summed E-state index contributed by atoms with van der Waals surface area (Å²) in [5.41, 5.74) is 8.05. The summed E-state index contributed by atoms with van der Waals surface area (Å²) < 4.78 is 0.923. The fourth-order valence-corrected chi connectivity index (χ4v) is 2.32. The highest BCUT2D eigenvalue weighted by Gasteiger charge is 2.00. The first-order chi connectivity index (χ1) is 6.88. The molecule has 0 saturated carbocycles. The summed E-state index contributed by atoms with van der Waals surface area (Å²) in [6.07, 6.45) is 1.80. The second-order valence-corrected chi connectivity index (χ2v) is 4.65. The van der Waals surface area contributed by atoms with Gasteiger partial charge in [0.2, 0.25) is 0 Å². The van der Waals surface area contributed by atoms with E-state index in [1.807, 2.05) is 12.1 Å². The number of aromatic nitrogens is 3. The molecule has 0 fully saturated rings. The zero-order chi connectivity index (χ0) is 9.80. The molecule has 2 aromatic heterocycles. The molecule has 0 saturated heterocycles. The van der Waals surface area contributed by atoms with Gasteiger partial charge in [-0.3, -0.25) is 4.98 Å². The number of hydrogen-bond acceptors (Lipinski definition) is 6. The van der Waals surface area contributed by atoms with Crippen molar-refractivity contribution in [2.45, 2.75) is 15.8 Å². The van der Waals surface area contributed by atoms with Crippen molar-refractivity contribution < 1.29 is 0 Å². The lowest BCUT2D eigenvalue weighted by Gasteiger charge is -1.98. The first-order valence-corrected chi connectivity index (χ1v) is 5.67. The van der Waals surface area contributed by atoms with Gasteiger partial charge in [0.05, 0.1) is 5.69 Å². The highest BCUT2D eigenvalue weighted by molar-refractivity contribution is 8.01. The van der Waals surface area contributed by atoms with Crippen molar-refractivity contribution >= 4 is 23.1 Å². The van der Waals surface area contributed by atoms with E-state index < -0.39 is 0 Å². The Hall–Kier alpha value is -0.980. The van der Waals surface area contributed by atoms with Crippen LogP contribution in [0.1, 0.15) is 5.69 Å². The van der Waals surface area contributed by atoms with Crippen molar-refractivity contribution in [3.05, 3.63) is 29.5 Å². The molecular formula is C8H8N4S2. The Balaban J connectivity index is 2.10. The Morgan fingerprint density at radius 3 is 2.93 bits per heavy atom. The predicted octanol–water partition coefficient (Wildman–Crippen LogP) is 1.54. The van der Waals surface area contributed by atoms with Gasteiger partial charge in [-0.25, -0.2) is 0 Å². The minimum absolute atomic E-state index is 0.476. The van der Waals surface area contributed by atoms with Crippen LogP contribution in [0.5, 0.6) is 0 Å². The van der Waals surface area contributed by atoms with E-state index >= 15 is 0 Å². The molecular weight excluding hydrogens is 216 g/mol. The third-order valence-electron chi connectivity index (χ3n) is 1.55. The maximum Gasteiger partial charge on any atom is 0.178 e. The van der Waals surface area contributed by atoms with E-state index in [4.69, 9.17) is 5.73 Å². The second kappa shape index (κ2) is 4.50. The molecule has 0 spiro atoms. The van der Waals surface area contributed by atoms with Crippen LogP contribution in [0.2, 0.25) is 0 Å². The molecule has 2 rings (SSSR count). The number of pyridine rings is 1. The lowest BCUT2D eigenvalue weighted by Crippen LogP contribution is -1.98. The number of hydrogen-bond donors (Lipinski definition) is 1. The highest BCUT2D eigenvalue weighted by atomic mass is 32.2. The lowest BCUT2D eigenvalue weighted by molar-refractivity contribution is 0.974. The molecule has 0 aromatic carbocycles. The molecule has 0 atom stereocenters. The first-order valence-electron chi connectivity index (χ1n) is 3.97. The van der Waals surface area contributed by atoms with E-state index in [-0.39, 0.29) is 0 Å². The van der Waals surface area contributed by atoms with Crippen LogP contribution in [-0.2, 0) is 6.54 Å². The molecule has 0 aliphatic heterocycles. The average molecular weight is 224 g/mol. The molecule has 2 aromatic rings. The van der Waals surface area contributed by atoms with Gasteiger partial charge in [0.1, 0.15) is 5.51 Å². The molecule has 2 N–H and O–H groups in total. The van der Waals surface area contributed by atoms with Gasteiger partial charge in [-0.15, -0.1) is 10.2 Å². The third kappa shape index (κ3) is 2.28. The Morgan fingerprint density at radius 2 is 2.36 bits per heavy atom. The minimum Gasteiger partial charge on any atom is -0.325 e. The average Bonchev–Trinajstić information content (AvgIpc) is 2.72. The SMILES string of the molecule is NCc1ccc(Sc2nncs2)cn1. The van der Waals surface area contributed by atoms with Gasteiger partial charge in [-0.1, -0.05) is 23.1 Å². The molecule has 0 aliphatic carbocycles. The molecule has 0 bridgehead atoms. The summed E-state index contributed by atoms with van der Waals surface area (Å²) in [7, 11) is 0. The highest BCUT2D eigenvalue weighted by Crippen LogP contribution is 2.27. The van der Waals surface area contributed by atoms with Crippen molar-refractivity contribution in [2.24, 2.45) is 5.73 Å². The van der Waals surface area contributed by atoms with E-state index in [0.717, 1.165) is 14.9 Å². The van der Waals surface area contributed by atoms with Gasteiger partial charge in [-0.2, -0.15) is 0 Å². The lowest BCUT2D eigenvalue weighted by atomic mass is 10.4. The van der Waals surface area contributed by atoms with Crippen molar-refractivity contribution in [2.75, 3.05) is 0 Å². The summed E-state index contributed by atoms with van der Waals surface area (Å²) in [4.78, 5) is 5.24. The van der Waals surface area contributed by atoms with Crippen LogP contribution < -0.4 is 5.73 Å². The molecule has 0 radical (unpaired) electrons. The Bertz CT molecular complexity index is 384. The van der Waals surface area contributed by atoms with Gasteiger partial charge in [0.25, 0.3) is 0 Å². The van der Waals surface area contributed by atoms with Crippen LogP contribution >= 0.6 is 23.1 Å². The standard InChI is InChI=1S/C8H8N4S2/c9-3-6-1-2-7(4-10-6)14-8-12-11-5-13-8/h1-2,4-5H,3,9H2. The normalized spacial score (nSPS) is 10.4. The van der Waals surface area contributed by atoms with Crippen molar-refractivity contribution in [1.29, 1.82) is 0 Å². The number of nitrogens with zero attached hydrogens (tertiary/aromatic N) is 3. The fourth-order valence-electron chi connectivity index (χ4n) is 0.900. The summed E-state index contributed by atoms with van der Waals surface area (Å²) >= 11 is 3.07. The quantitative estimate of drug-likeness (QED) is 0.856. The predicted molar refractivity (Wildman–Crippen MR) is 56.2 cm³/mol. The Morgan fingerprint density at radius 1 is 1.43 bits per heavy atom. The third-order valence-corrected chi connectivity index (χ3v) is 3.31. The molecule has 6 heteroatoms. The van der Waals surface area contributed by atoms with Gasteiger partial charge in [0, 0.05) is 17.6 Å². The number of rotatable bonds is 3. The zero-order valence-electron chi connectivity index (χ0n) is 7.25. The van der Waals surface area contributed by atoms with Crippen LogP contribution in [0.25, 0.3) is 0 Å². The summed E-state index contributed by atoms with van der Waals surface area (Å²) in [6.45, 7) is 0.476. The van der Waals surface area contributed by atoms with E-state index in [9.17, 15) is 0 Å². The Kier molecular flexibility index (Phi) is 3.07. The van der Waals surface area contributed by atoms with E-state index in [2.05, 4.69) is 15.2 Å². The summed E-state index contributed by atoms with van der Waals surface area (Å²) in [5, 5.41) is 7.69. The minimum atomic E-state index is 0.476. The first kappa shape index (κ1) is 9.57. The van der Waals surface area contributed by atoms with Gasteiger partial charge in [0.15, 0.2) is 4.34 Å². The molecule has 4 nitrogen and oxygen atoms in total. The number of nitrogens with two attached hydrogens (primary N) is 1. The van der Waals surface area contributed by atoms with Gasteiger partial charge in [-0.05, 0) is 12.1 Å². The molecule has 72 valence electrons. The Labute approximate surface area is 89.6 Å². The monoisotopic (exact) mass is 224 g/mol. The van der Waals surface area contributed by atoms with E-state index in [1.54, 1.807) is 23.5 Å². The second-order valence-electron chi connectivity index (χ2n) is 2.50. The van der Waals surface area contributed by atoms with Crippen molar-refractivity contribution in [1.82, 2.24) is 15.2 Å². The fraction of sp³-hybridized carbons (Fsp3) is 0.125. The maximum absolute atomic E-state index is 5.45. The van der Waals surface area contributed by atoms with Crippen LogP contribution in [0, 0.1) is 0 Å². The molecule has 2 heterocycles. The summed E-state index contributed by atoms with van der Waals surface area (Å²) in [6, 6.07) is 3.91. The largest absolute Gasteiger partial charge is 0.325 e. The summed E-state index contributed by atoms with van der Waals surface area (Å²) in [5.74, 6) is 0. The van der Waals surface area contributed by atoms with Gasteiger partial charge < -0.3 is 5.73 Å². The van der Waals surface area contributed by atoms with Crippen LogP contribution in [-0.4, -0.2) is 15.2 Å². The van der Waals surface area contributed by atoms with Gasteiger partial charge >= 0.3 is 0 Å².